The minimum atomic E-state index is -3.77. The first-order valence-electron chi connectivity index (χ1n) is 9.90. The fraction of sp³-hybridized carbons (Fsp3) is 0.227. The number of carbonyl (C=O) groups is 1. The van der Waals surface area contributed by atoms with Crippen LogP contribution in [0.15, 0.2) is 69.2 Å². The molecule has 0 bridgehead atoms. The van der Waals surface area contributed by atoms with Crippen LogP contribution in [0.4, 0.5) is 0 Å². The predicted molar refractivity (Wildman–Crippen MR) is 125 cm³/mol. The zero-order valence-electron chi connectivity index (χ0n) is 17.0. The van der Waals surface area contributed by atoms with Gasteiger partial charge in [0.25, 0.3) is 0 Å². The Bertz CT molecular complexity index is 1240. The van der Waals surface area contributed by atoms with Crippen LogP contribution in [0.5, 0.6) is 0 Å². The van der Waals surface area contributed by atoms with E-state index in [1.54, 1.807) is 17.0 Å². The van der Waals surface area contributed by atoms with Crippen LogP contribution in [0, 0.1) is 11.3 Å². The third-order valence-corrected chi connectivity index (χ3v) is 9.05. The van der Waals surface area contributed by atoms with Crippen LogP contribution in [0.3, 0.4) is 0 Å². The van der Waals surface area contributed by atoms with Crippen LogP contribution >= 0.6 is 23.1 Å². The van der Waals surface area contributed by atoms with E-state index < -0.39 is 10.0 Å². The number of rotatable bonds is 6. The van der Waals surface area contributed by atoms with Gasteiger partial charge >= 0.3 is 0 Å². The van der Waals surface area contributed by atoms with Gasteiger partial charge in [-0.3, -0.25) is 4.79 Å². The summed E-state index contributed by atoms with van der Waals surface area (Å²) in [6.45, 7) is 1.04. The van der Waals surface area contributed by atoms with E-state index in [0.717, 1.165) is 15.6 Å². The van der Waals surface area contributed by atoms with Gasteiger partial charge in [-0.25, -0.2) is 13.4 Å². The summed E-state index contributed by atoms with van der Waals surface area (Å²) >= 11 is 2.90. The summed E-state index contributed by atoms with van der Waals surface area (Å²) in [5, 5.41) is 11.2. The third-order valence-electron chi connectivity index (χ3n) is 5.09. The Morgan fingerprint density at radius 3 is 2.47 bits per heavy atom. The largest absolute Gasteiger partial charge is 0.339 e. The highest BCUT2D eigenvalue weighted by Crippen LogP contribution is 2.28. The molecule has 0 unspecified atom stereocenters. The summed E-state index contributed by atoms with van der Waals surface area (Å²) in [5.41, 5.74) is 2.06. The molecule has 1 aliphatic heterocycles. The smallest absolute Gasteiger partial charge is 0.244 e. The average Bonchev–Trinajstić information content (AvgIpc) is 3.32. The quantitative estimate of drug-likeness (QED) is 0.498. The summed E-state index contributed by atoms with van der Waals surface area (Å²) in [4.78, 5) is 18.9. The molecule has 1 aromatic heterocycles. The molecule has 1 aliphatic rings. The van der Waals surface area contributed by atoms with Gasteiger partial charge in [0, 0.05) is 37.1 Å². The van der Waals surface area contributed by atoms with E-state index in [0.29, 0.717) is 13.1 Å². The molecule has 0 radical (unpaired) electrons. The van der Waals surface area contributed by atoms with E-state index in [9.17, 15) is 18.5 Å². The lowest BCUT2D eigenvalue weighted by Crippen LogP contribution is -2.51. The van der Waals surface area contributed by atoms with Crippen molar-refractivity contribution in [1.29, 1.82) is 5.26 Å². The number of benzene rings is 2. The van der Waals surface area contributed by atoms with Gasteiger partial charge in [-0.05, 0) is 12.1 Å². The Hall–Kier alpha value is -2.71. The molecular weight excluding hydrogens is 464 g/mol. The monoisotopic (exact) mass is 484 g/mol. The molecular formula is C22H20N4O3S3. The molecule has 0 saturated carbocycles. The van der Waals surface area contributed by atoms with Crippen LogP contribution < -0.4 is 0 Å². The maximum absolute atomic E-state index is 12.9. The molecule has 7 nitrogen and oxygen atoms in total. The van der Waals surface area contributed by atoms with E-state index in [-0.39, 0.29) is 35.2 Å². The number of nitrogens with zero attached hydrogens (tertiary/aromatic N) is 4. The highest BCUT2D eigenvalue weighted by Gasteiger charge is 2.31. The number of nitriles is 1. The zero-order valence-corrected chi connectivity index (χ0v) is 19.5. The van der Waals surface area contributed by atoms with Crippen molar-refractivity contribution in [3.8, 4) is 17.3 Å². The molecule has 1 saturated heterocycles. The summed E-state index contributed by atoms with van der Waals surface area (Å²) in [6.07, 6.45) is 0. The first kappa shape index (κ1) is 22.5. The second kappa shape index (κ2) is 9.83. The molecule has 164 valence electrons. The lowest BCUT2D eigenvalue weighted by molar-refractivity contribution is -0.129. The molecule has 32 heavy (non-hydrogen) atoms. The maximum atomic E-state index is 12.9. The van der Waals surface area contributed by atoms with Crippen LogP contribution in [0.1, 0.15) is 5.56 Å². The molecule has 3 aromatic rings. The van der Waals surface area contributed by atoms with Crippen molar-refractivity contribution in [3.05, 3.63) is 65.5 Å². The second-order valence-corrected chi connectivity index (χ2v) is 11.0. The Morgan fingerprint density at radius 1 is 1.06 bits per heavy atom. The minimum absolute atomic E-state index is 0.0100. The van der Waals surface area contributed by atoms with E-state index >= 15 is 0 Å². The van der Waals surface area contributed by atoms with Gasteiger partial charge in [-0.2, -0.15) is 9.57 Å². The van der Waals surface area contributed by atoms with E-state index in [1.807, 2.05) is 41.8 Å². The number of thioether (sulfide) groups is 1. The summed E-state index contributed by atoms with van der Waals surface area (Å²) in [7, 11) is -3.77. The third kappa shape index (κ3) is 4.86. The van der Waals surface area contributed by atoms with Crippen LogP contribution in [0.2, 0.25) is 0 Å². The first-order chi connectivity index (χ1) is 15.5. The van der Waals surface area contributed by atoms with Crippen molar-refractivity contribution in [2.75, 3.05) is 31.9 Å². The standard InChI is InChI=1S/C22H20N4O3S3/c23-14-18-8-4-5-9-20(18)32(28,29)26-12-10-25(11-13-26)21(27)16-31-22-24-19(15-30-22)17-6-2-1-3-7-17/h1-9,15H,10-13,16H2. The number of amides is 1. The molecule has 0 atom stereocenters. The molecule has 2 aromatic carbocycles. The van der Waals surface area contributed by atoms with Gasteiger partial charge in [0.2, 0.25) is 15.9 Å². The van der Waals surface area contributed by atoms with E-state index in [1.165, 1.54) is 39.5 Å². The number of carbonyl (C=O) groups excluding carboxylic acids is 1. The van der Waals surface area contributed by atoms with Crippen LogP contribution in [-0.2, 0) is 14.8 Å². The lowest BCUT2D eigenvalue weighted by Gasteiger charge is -2.34. The molecule has 0 aliphatic carbocycles. The van der Waals surface area contributed by atoms with E-state index in [2.05, 4.69) is 4.98 Å². The minimum Gasteiger partial charge on any atom is -0.339 e. The molecule has 1 amide bonds. The first-order valence-corrected chi connectivity index (χ1v) is 13.2. The Balaban J connectivity index is 1.32. The predicted octanol–water partition coefficient (Wildman–Crippen LogP) is 3.31. The lowest BCUT2D eigenvalue weighted by atomic mass is 10.2. The molecule has 0 spiro atoms. The number of sulfonamides is 1. The van der Waals surface area contributed by atoms with Crippen molar-refractivity contribution in [2.24, 2.45) is 0 Å². The fourth-order valence-corrected chi connectivity index (χ4v) is 6.68. The summed E-state index contributed by atoms with van der Waals surface area (Å²) < 4.78 is 28.0. The van der Waals surface area contributed by atoms with Crippen molar-refractivity contribution < 1.29 is 13.2 Å². The molecule has 1 fully saturated rings. The maximum Gasteiger partial charge on any atom is 0.244 e. The highest BCUT2D eigenvalue weighted by molar-refractivity contribution is 8.01. The summed E-state index contributed by atoms with van der Waals surface area (Å²) in [5.74, 6) is 0.215. The van der Waals surface area contributed by atoms with Gasteiger partial charge in [0.15, 0.2) is 4.34 Å². The SMILES string of the molecule is N#Cc1ccccc1S(=O)(=O)N1CCN(C(=O)CSc2nc(-c3ccccc3)cs2)CC1. The van der Waals surface area contributed by atoms with Crippen molar-refractivity contribution in [1.82, 2.24) is 14.2 Å². The number of thiazole rings is 1. The van der Waals surface area contributed by atoms with E-state index in [4.69, 9.17) is 0 Å². The van der Waals surface area contributed by atoms with Crippen LogP contribution in [0.25, 0.3) is 11.3 Å². The number of hydrogen-bond donors (Lipinski definition) is 0. The molecule has 0 N–H and O–H groups in total. The Morgan fingerprint density at radius 2 is 1.75 bits per heavy atom. The number of hydrogen-bond acceptors (Lipinski definition) is 7. The van der Waals surface area contributed by atoms with Crippen molar-refractivity contribution >= 4 is 39.0 Å². The van der Waals surface area contributed by atoms with Crippen molar-refractivity contribution in [2.45, 2.75) is 9.24 Å². The topological polar surface area (TPSA) is 94.4 Å². The number of piperazine rings is 1. The second-order valence-electron chi connectivity index (χ2n) is 7.05. The number of aromatic nitrogens is 1. The van der Waals surface area contributed by atoms with Gasteiger partial charge in [-0.1, -0.05) is 54.2 Å². The van der Waals surface area contributed by atoms with Crippen molar-refractivity contribution in [3.63, 3.8) is 0 Å². The fourth-order valence-electron chi connectivity index (χ4n) is 3.38. The molecule has 4 rings (SSSR count). The van der Waals surface area contributed by atoms with Crippen LogP contribution in [-0.4, -0.2) is 60.4 Å². The normalized spacial score (nSPS) is 14.8. The Labute approximate surface area is 195 Å². The summed E-state index contributed by atoms with van der Waals surface area (Å²) in [6, 6.07) is 18.0. The van der Waals surface area contributed by atoms with Gasteiger partial charge in [-0.15, -0.1) is 11.3 Å². The zero-order chi connectivity index (χ0) is 22.6. The Kier molecular flexibility index (Phi) is 6.91. The highest BCUT2D eigenvalue weighted by atomic mass is 32.2. The molecule has 2 heterocycles. The van der Waals surface area contributed by atoms with Gasteiger partial charge < -0.3 is 4.90 Å². The average molecular weight is 485 g/mol. The molecule has 10 heteroatoms. The van der Waals surface area contributed by atoms with Gasteiger partial charge in [0.05, 0.1) is 21.9 Å². The van der Waals surface area contributed by atoms with Gasteiger partial charge in [0.1, 0.15) is 6.07 Å².